The first-order chi connectivity index (χ1) is 9.71. The van der Waals surface area contributed by atoms with Crippen molar-refractivity contribution < 1.29 is 23.1 Å². The van der Waals surface area contributed by atoms with E-state index in [1.54, 1.807) is 4.90 Å². The lowest BCUT2D eigenvalue weighted by atomic mass is 10.2. The van der Waals surface area contributed by atoms with Gasteiger partial charge in [-0.1, -0.05) is 0 Å². The highest BCUT2D eigenvalue weighted by molar-refractivity contribution is 8.02. The second kappa shape index (κ2) is 8.03. The van der Waals surface area contributed by atoms with Crippen LogP contribution >= 0.6 is 11.8 Å². The Labute approximate surface area is 130 Å². The van der Waals surface area contributed by atoms with Crippen LogP contribution in [-0.4, -0.2) is 65.4 Å². The molecular weight excluding hydrogens is 314 g/mol. The zero-order chi connectivity index (χ0) is 16.0. The van der Waals surface area contributed by atoms with Crippen molar-refractivity contribution in [1.29, 1.82) is 0 Å². The molecule has 21 heavy (non-hydrogen) atoms. The molecule has 1 fully saturated rings. The maximum Gasteiger partial charge on any atom is 0.303 e. The molecule has 0 radical (unpaired) electrons. The monoisotopic (exact) mass is 337 g/mol. The molecule has 1 N–H and O–H groups in total. The van der Waals surface area contributed by atoms with Crippen LogP contribution in [0.5, 0.6) is 0 Å². The normalized spacial score (nSPS) is 20.6. The number of sulfone groups is 1. The van der Waals surface area contributed by atoms with Crippen molar-refractivity contribution in [3.63, 3.8) is 0 Å². The molecule has 8 heteroatoms. The van der Waals surface area contributed by atoms with Crippen LogP contribution in [0.1, 0.15) is 33.1 Å². The average molecular weight is 337 g/mol. The maximum absolute atomic E-state index is 12.2. The molecule has 0 spiro atoms. The molecule has 1 saturated heterocycles. The maximum atomic E-state index is 12.2. The van der Waals surface area contributed by atoms with Gasteiger partial charge in [0.15, 0.2) is 9.84 Å². The standard InChI is InChI=1S/C13H23NO5S2/c1-10(2)14(6-3-4-13(16)17)12(15)8-20-11-5-7-21(18,19)9-11/h10-11H,3-9H2,1-2H3,(H,16,17). The first-order valence-corrected chi connectivity index (χ1v) is 9.91. The molecule has 1 unspecified atom stereocenters. The largest absolute Gasteiger partial charge is 0.481 e. The van der Waals surface area contributed by atoms with Gasteiger partial charge in [0.2, 0.25) is 5.91 Å². The third-order valence-electron chi connectivity index (χ3n) is 3.37. The third kappa shape index (κ3) is 6.69. The van der Waals surface area contributed by atoms with Crippen molar-refractivity contribution in [1.82, 2.24) is 4.90 Å². The van der Waals surface area contributed by atoms with E-state index in [0.29, 0.717) is 19.4 Å². The number of carboxylic acid groups (broad SMARTS) is 1. The highest BCUT2D eigenvalue weighted by Crippen LogP contribution is 2.24. The van der Waals surface area contributed by atoms with Crippen molar-refractivity contribution in [2.45, 2.75) is 44.4 Å². The van der Waals surface area contributed by atoms with Crippen LogP contribution in [0, 0.1) is 0 Å². The smallest absolute Gasteiger partial charge is 0.303 e. The number of carbonyl (C=O) groups excluding carboxylic acids is 1. The Kier molecular flexibility index (Phi) is 6.99. The van der Waals surface area contributed by atoms with Crippen LogP contribution in [0.15, 0.2) is 0 Å². The first kappa shape index (κ1) is 18.3. The first-order valence-electron chi connectivity index (χ1n) is 7.04. The number of aliphatic carboxylic acids is 1. The molecule has 1 atom stereocenters. The molecule has 1 amide bonds. The molecule has 0 aromatic rings. The Hall–Kier alpha value is -0.760. The molecule has 6 nitrogen and oxygen atoms in total. The van der Waals surface area contributed by atoms with Crippen molar-refractivity contribution in [3.05, 3.63) is 0 Å². The van der Waals surface area contributed by atoms with E-state index in [0.717, 1.165) is 0 Å². The van der Waals surface area contributed by atoms with E-state index in [1.165, 1.54) is 11.8 Å². The van der Waals surface area contributed by atoms with E-state index in [-0.39, 0.29) is 40.9 Å². The van der Waals surface area contributed by atoms with E-state index < -0.39 is 15.8 Å². The summed E-state index contributed by atoms with van der Waals surface area (Å²) < 4.78 is 22.7. The zero-order valence-electron chi connectivity index (χ0n) is 12.4. The van der Waals surface area contributed by atoms with Gasteiger partial charge in [0.05, 0.1) is 17.3 Å². The summed E-state index contributed by atoms with van der Waals surface area (Å²) in [6, 6.07) is 0.0132. The molecule has 1 aliphatic rings. The van der Waals surface area contributed by atoms with Gasteiger partial charge in [0.1, 0.15) is 0 Å². The molecule has 0 aromatic heterocycles. The molecule has 0 aliphatic carbocycles. The van der Waals surface area contributed by atoms with E-state index in [2.05, 4.69) is 0 Å². The van der Waals surface area contributed by atoms with E-state index in [9.17, 15) is 18.0 Å². The van der Waals surface area contributed by atoms with Crippen molar-refractivity contribution in [2.24, 2.45) is 0 Å². The number of carboxylic acids is 1. The molecular formula is C13H23NO5S2. The predicted octanol–water partition coefficient (Wildman–Crippen LogP) is 1.01. The molecule has 122 valence electrons. The Balaban J connectivity index is 2.40. The van der Waals surface area contributed by atoms with Gasteiger partial charge in [0, 0.05) is 24.3 Å². The quantitative estimate of drug-likeness (QED) is 0.711. The topological polar surface area (TPSA) is 91.8 Å². The SMILES string of the molecule is CC(C)N(CCCC(=O)O)C(=O)CSC1CCS(=O)(=O)C1. The predicted molar refractivity (Wildman–Crippen MR) is 83.2 cm³/mol. The Bertz CT molecular complexity index is 475. The van der Waals surface area contributed by atoms with Crippen LogP contribution < -0.4 is 0 Å². The number of amides is 1. The molecule has 0 aromatic carbocycles. The number of nitrogens with zero attached hydrogens (tertiary/aromatic N) is 1. The summed E-state index contributed by atoms with van der Waals surface area (Å²) in [5.74, 6) is -0.288. The fraction of sp³-hybridized carbons (Fsp3) is 0.846. The minimum absolute atomic E-state index is 0.00646. The summed E-state index contributed by atoms with van der Waals surface area (Å²) >= 11 is 1.39. The second-order valence-electron chi connectivity index (χ2n) is 5.51. The number of hydrogen-bond donors (Lipinski definition) is 1. The van der Waals surface area contributed by atoms with Gasteiger partial charge in [-0.25, -0.2) is 8.42 Å². The lowest BCUT2D eigenvalue weighted by Crippen LogP contribution is -2.39. The van der Waals surface area contributed by atoms with Crippen molar-refractivity contribution in [3.8, 4) is 0 Å². The van der Waals surface area contributed by atoms with Crippen LogP contribution in [0.4, 0.5) is 0 Å². The van der Waals surface area contributed by atoms with E-state index >= 15 is 0 Å². The van der Waals surface area contributed by atoms with Crippen LogP contribution in [0.25, 0.3) is 0 Å². The lowest BCUT2D eigenvalue weighted by Gasteiger charge is -2.27. The van der Waals surface area contributed by atoms with Crippen molar-refractivity contribution >= 4 is 33.5 Å². The molecule has 0 bridgehead atoms. The summed E-state index contributed by atoms with van der Waals surface area (Å²) in [5, 5.41) is 8.64. The van der Waals surface area contributed by atoms with Crippen LogP contribution in [0.2, 0.25) is 0 Å². The van der Waals surface area contributed by atoms with E-state index in [4.69, 9.17) is 5.11 Å². The second-order valence-corrected chi connectivity index (χ2v) is 9.03. The fourth-order valence-electron chi connectivity index (χ4n) is 2.24. The van der Waals surface area contributed by atoms with E-state index in [1.807, 2.05) is 13.8 Å². The van der Waals surface area contributed by atoms with Gasteiger partial charge in [-0.3, -0.25) is 9.59 Å². The number of carbonyl (C=O) groups is 2. The van der Waals surface area contributed by atoms with Gasteiger partial charge in [-0.2, -0.15) is 0 Å². The minimum atomic E-state index is -2.91. The Morgan fingerprint density at radius 1 is 1.38 bits per heavy atom. The number of thioether (sulfide) groups is 1. The van der Waals surface area contributed by atoms with Crippen LogP contribution in [-0.2, 0) is 19.4 Å². The fourth-order valence-corrected chi connectivity index (χ4v) is 5.76. The van der Waals surface area contributed by atoms with Gasteiger partial charge in [-0.15, -0.1) is 11.8 Å². The summed E-state index contributed by atoms with van der Waals surface area (Å²) in [4.78, 5) is 24.4. The summed E-state index contributed by atoms with van der Waals surface area (Å²) in [6.07, 6.45) is 1.09. The van der Waals surface area contributed by atoms with Gasteiger partial charge in [0.25, 0.3) is 0 Å². The van der Waals surface area contributed by atoms with Gasteiger partial charge >= 0.3 is 5.97 Å². The average Bonchev–Trinajstić information content (AvgIpc) is 2.70. The molecule has 0 saturated carbocycles. The molecule has 1 rings (SSSR count). The lowest BCUT2D eigenvalue weighted by molar-refractivity contribution is -0.138. The Morgan fingerprint density at radius 3 is 2.52 bits per heavy atom. The highest BCUT2D eigenvalue weighted by atomic mass is 32.2. The number of hydrogen-bond acceptors (Lipinski definition) is 5. The summed E-state index contributed by atoms with van der Waals surface area (Å²) in [6.45, 7) is 4.21. The summed E-state index contributed by atoms with van der Waals surface area (Å²) in [5.41, 5.74) is 0. The highest BCUT2D eigenvalue weighted by Gasteiger charge is 2.29. The molecule has 1 heterocycles. The minimum Gasteiger partial charge on any atom is -0.481 e. The molecule has 1 aliphatic heterocycles. The Morgan fingerprint density at radius 2 is 2.05 bits per heavy atom. The third-order valence-corrected chi connectivity index (χ3v) is 6.63. The van der Waals surface area contributed by atoms with Crippen LogP contribution in [0.3, 0.4) is 0 Å². The number of rotatable bonds is 8. The van der Waals surface area contributed by atoms with Gasteiger partial charge in [-0.05, 0) is 26.7 Å². The van der Waals surface area contributed by atoms with Gasteiger partial charge < -0.3 is 10.0 Å². The zero-order valence-corrected chi connectivity index (χ0v) is 14.1. The van der Waals surface area contributed by atoms with Crippen molar-refractivity contribution in [2.75, 3.05) is 23.8 Å². The summed E-state index contributed by atoms with van der Waals surface area (Å²) in [7, 11) is -2.91.